The Hall–Kier alpha value is -4.70. The van der Waals surface area contributed by atoms with Crippen LogP contribution in [0.4, 0.5) is 10.5 Å². The van der Waals surface area contributed by atoms with Crippen LogP contribution in [0.15, 0.2) is 41.4 Å². The molecule has 1 aromatic heterocycles. The van der Waals surface area contributed by atoms with Gasteiger partial charge in [0.05, 0.1) is 51.2 Å². The Labute approximate surface area is 458 Å². The number of hydrogen-bond acceptors (Lipinski definition) is 12. The van der Waals surface area contributed by atoms with Crippen molar-refractivity contribution in [3.63, 3.8) is 0 Å². The maximum absolute atomic E-state index is 14.2. The second-order valence-corrected chi connectivity index (χ2v) is 27.2. The van der Waals surface area contributed by atoms with E-state index in [1.165, 1.54) is 12.5 Å². The average Bonchev–Trinajstić information content (AvgIpc) is 4.21. The minimum absolute atomic E-state index is 0.000755. The third-order valence-electron chi connectivity index (χ3n) is 18.6. The first-order valence-corrected chi connectivity index (χ1v) is 28.6. The molecule has 5 aliphatic heterocycles. The van der Waals surface area contributed by atoms with Crippen LogP contribution in [-0.4, -0.2) is 115 Å². The highest BCUT2D eigenvalue weighted by Crippen LogP contribution is 2.52. The van der Waals surface area contributed by atoms with E-state index in [1.54, 1.807) is 11.5 Å². The zero-order chi connectivity index (χ0) is 56.2. The lowest BCUT2D eigenvalue weighted by Crippen LogP contribution is -2.52. The Morgan fingerprint density at radius 1 is 0.662 bits per heavy atom. The molecule has 2 aromatic carbocycles. The molecule has 4 saturated heterocycles. The minimum Gasteiger partial charge on any atom is -0.443 e. The monoisotopic (exact) mass is 1060 g/mol. The van der Waals surface area contributed by atoms with Crippen LogP contribution < -0.4 is 10.9 Å². The van der Waals surface area contributed by atoms with Gasteiger partial charge in [-0.25, -0.2) is 14.3 Å². The highest BCUT2D eigenvalue weighted by Gasteiger charge is 2.56. The lowest BCUT2D eigenvalue weighted by atomic mass is 9.78. The molecule has 2 saturated carbocycles. The van der Waals surface area contributed by atoms with E-state index in [1.807, 2.05) is 85.4 Å². The standard InChI is InChI=1S/C32H46BN3O6.C28H39BN2O4/c1-18(2)23(15-19(3)37)28(38)35-22-13-11-20(16-22)26(35)27-34-24-14-12-21(33-41-31(7,8)32(9,10)42-33)17-25(24)36(27)29(39)40-30(4,5)6;1-16(2)22(12-17(3)32)26(33)31-21-10-8-18(14-21)25(31)24-15-19-13-20(9-11-23(19)30-24)29-34-27(4,5)28(6,7)35-29/h12,14,17-18,20,22-23,26H,11,13,15-16H2,1-10H3;9,11,13,16,18,21-22,25H,8,10,12,14-15H2,1-7H3/t20-,22+,23?,26?;18-,21+,22?,25?/m00/s1. The van der Waals surface area contributed by atoms with Crippen LogP contribution in [0.3, 0.4) is 0 Å². The molecule has 416 valence electrons. The SMILES string of the molecule is CC(=O)CC(C(=O)N1C(C2=Nc3ccc(B4OC(C)(C)C(C)(C)O4)cc3C2)[C@H]2CC[C@@H]1C2)C(C)C.CC(=O)CC(C(=O)N1C(c2nc3ccc(B4OC(C)(C)C(C)(C)O4)cc3n2C(=O)OC(C)(C)C)[C@H]2CC[C@@H]1C2)C(C)C. The number of nitrogens with zero attached hydrogens (tertiary/aromatic N) is 5. The fraction of sp³-hybridized carbons (Fsp3) is 0.683. The third-order valence-corrected chi connectivity index (χ3v) is 18.6. The Balaban J connectivity index is 0.000000191. The molecule has 2 amide bonds. The molecule has 0 radical (unpaired) electrons. The second kappa shape index (κ2) is 20.4. The lowest BCUT2D eigenvalue weighted by Gasteiger charge is -2.38. The van der Waals surface area contributed by atoms with Crippen LogP contribution in [0.2, 0.25) is 0 Å². The fourth-order valence-electron chi connectivity index (χ4n) is 13.1. The normalized spacial score (nSPS) is 27.1. The number of aliphatic imine (C=N–C) groups is 1. The van der Waals surface area contributed by atoms with Crippen molar-refractivity contribution in [2.75, 3.05) is 0 Å². The number of fused-ring (bicyclic) bond motifs is 6. The number of carbonyl (C=O) groups excluding carboxylic acids is 5. The van der Waals surface area contributed by atoms with E-state index < -0.39 is 43.1 Å². The van der Waals surface area contributed by atoms with Gasteiger partial charge in [-0.3, -0.25) is 14.6 Å². The maximum Gasteiger partial charge on any atom is 0.494 e. The summed E-state index contributed by atoms with van der Waals surface area (Å²) in [6, 6.07) is 12.0. The Bertz CT molecular complexity index is 2830. The third kappa shape index (κ3) is 10.8. The number of ketones is 2. The molecule has 7 aliphatic rings. The molecule has 4 unspecified atom stereocenters. The van der Waals surface area contributed by atoms with Gasteiger partial charge in [0.25, 0.3) is 0 Å². The van der Waals surface area contributed by atoms with Gasteiger partial charge in [-0.15, -0.1) is 0 Å². The molecule has 3 aromatic rings. The second-order valence-electron chi connectivity index (χ2n) is 27.2. The van der Waals surface area contributed by atoms with E-state index in [9.17, 15) is 24.0 Å². The minimum atomic E-state index is -0.733. The number of Topliss-reactive ketones (excluding diaryl/α,β-unsaturated/α-hetero) is 2. The van der Waals surface area contributed by atoms with Crippen molar-refractivity contribution >= 4 is 77.1 Å². The van der Waals surface area contributed by atoms with Crippen molar-refractivity contribution in [3.05, 3.63) is 47.8 Å². The van der Waals surface area contributed by atoms with Crippen LogP contribution in [-0.2, 0) is 49.0 Å². The van der Waals surface area contributed by atoms with Crippen molar-refractivity contribution in [3.8, 4) is 0 Å². The van der Waals surface area contributed by atoms with Gasteiger partial charge >= 0.3 is 20.3 Å². The van der Waals surface area contributed by atoms with E-state index in [0.717, 1.165) is 67.3 Å². The summed E-state index contributed by atoms with van der Waals surface area (Å²) >= 11 is 0. The van der Waals surface area contributed by atoms with Gasteiger partial charge in [-0.2, -0.15) is 0 Å². The average molecular weight is 1060 g/mol. The molecule has 0 N–H and O–H groups in total. The highest BCUT2D eigenvalue weighted by molar-refractivity contribution is 6.62. The lowest BCUT2D eigenvalue weighted by molar-refractivity contribution is -0.144. The molecule has 4 bridgehead atoms. The molecule has 17 heteroatoms. The Morgan fingerprint density at radius 2 is 1.12 bits per heavy atom. The summed E-state index contributed by atoms with van der Waals surface area (Å²) < 4.78 is 32.6. The van der Waals surface area contributed by atoms with Crippen molar-refractivity contribution in [2.45, 2.75) is 228 Å². The van der Waals surface area contributed by atoms with Crippen LogP contribution in [0.1, 0.15) is 186 Å². The topological polar surface area (TPSA) is 168 Å². The number of amides is 2. The molecule has 2 aliphatic carbocycles. The number of hydrogen-bond donors (Lipinski definition) is 0. The first-order valence-electron chi connectivity index (χ1n) is 28.6. The summed E-state index contributed by atoms with van der Waals surface area (Å²) in [4.78, 5) is 80.1. The molecule has 15 nitrogen and oxygen atoms in total. The van der Waals surface area contributed by atoms with Gasteiger partial charge in [-0.1, -0.05) is 45.9 Å². The van der Waals surface area contributed by atoms with Crippen molar-refractivity contribution in [1.29, 1.82) is 0 Å². The molecular weight excluding hydrogens is 972 g/mol. The van der Waals surface area contributed by atoms with Crippen molar-refractivity contribution in [1.82, 2.24) is 19.4 Å². The highest BCUT2D eigenvalue weighted by atomic mass is 16.7. The number of aromatic nitrogens is 2. The molecule has 8 atom stereocenters. The number of benzene rings is 2. The van der Waals surface area contributed by atoms with E-state index in [2.05, 4.69) is 64.6 Å². The number of imidazole rings is 1. The Kier molecular flexibility index (Phi) is 15.1. The van der Waals surface area contributed by atoms with Crippen molar-refractivity contribution < 1.29 is 47.3 Å². The number of carbonyl (C=O) groups is 5. The Morgan fingerprint density at radius 3 is 1.58 bits per heavy atom. The van der Waals surface area contributed by atoms with Crippen LogP contribution in [0.5, 0.6) is 0 Å². The number of rotatable bonds is 12. The van der Waals surface area contributed by atoms with E-state index in [4.69, 9.17) is 33.3 Å². The first kappa shape index (κ1) is 57.0. The van der Waals surface area contributed by atoms with Crippen molar-refractivity contribution in [2.24, 2.45) is 40.5 Å². The predicted molar refractivity (Wildman–Crippen MR) is 300 cm³/mol. The maximum atomic E-state index is 14.2. The predicted octanol–water partition coefficient (Wildman–Crippen LogP) is 9.67. The summed E-state index contributed by atoms with van der Waals surface area (Å²) in [6.07, 6.45) is 6.72. The summed E-state index contributed by atoms with van der Waals surface area (Å²) in [7, 11) is -1.00. The van der Waals surface area contributed by atoms with Crippen LogP contribution >= 0.6 is 0 Å². The number of likely N-dealkylation sites (tertiary alicyclic amines) is 2. The van der Waals surface area contributed by atoms with Gasteiger partial charge in [0.15, 0.2) is 0 Å². The van der Waals surface area contributed by atoms with E-state index in [0.29, 0.717) is 29.2 Å². The van der Waals surface area contributed by atoms with E-state index >= 15 is 0 Å². The summed E-state index contributed by atoms with van der Waals surface area (Å²) in [5.74, 6) is 0.808. The van der Waals surface area contributed by atoms with Crippen LogP contribution in [0, 0.1) is 35.5 Å². The first-order chi connectivity index (χ1) is 35.8. The molecule has 6 fully saturated rings. The molecule has 10 rings (SSSR count). The summed E-state index contributed by atoms with van der Waals surface area (Å²) in [5, 5.41) is 0. The largest absolute Gasteiger partial charge is 0.494 e. The van der Waals surface area contributed by atoms with E-state index in [-0.39, 0.29) is 88.8 Å². The molecule has 77 heavy (non-hydrogen) atoms. The zero-order valence-electron chi connectivity index (χ0n) is 49.1. The fourth-order valence-corrected chi connectivity index (χ4v) is 13.1. The molecule has 6 heterocycles. The summed E-state index contributed by atoms with van der Waals surface area (Å²) in [5.41, 5.74) is 3.75. The van der Waals surface area contributed by atoms with Gasteiger partial charge in [0.1, 0.15) is 23.0 Å². The quantitative estimate of drug-likeness (QED) is 0.158. The van der Waals surface area contributed by atoms with Gasteiger partial charge in [0.2, 0.25) is 11.8 Å². The van der Waals surface area contributed by atoms with Crippen LogP contribution in [0.25, 0.3) is 11.0 Å². The summed E-state index contributed by atoms with van der Waals surface area (Å²) in [6.45, 7) is 33.0. The van der Waals surface area contributed by atoms with Gasteiger partial charge in [-0.05, 0) is 187 Å². The molecular formula is C60H85B2N5O10. The number of piperidine rings is 2. The molecule has 0 spiro atoms. The number of ether oxygens (including phenoxy) is 1. The van der Waals surface area contributed by atoms with Gasteiger partial charge < -0.3 is 42.7 Å². The van der Waals surface area contributed by atoms with Gasteiger partial charge in [0, 0.05) is 48.9 Å². The smallest absolute Gasteiger partial charge is 0.443 e. The zero-order valence-corrected chi connectivity index (χ0v) is 49.1.